The number of benzene rings is 1. The van der Waals surface area contributed by atoms with E-state index in [0.29, 0.717) is 0 Å². The third-order valence-electron chi connectivity index (χ3n) is 3.24. The Bertz CT molecular complexity index is 654. The Morgan fingerprint density at radius 3 is 2.35 bits per heavy atom. The molecule has 0 aliphatic heterocycles. The maximum atomic E-state index is 6.50. The zero-order valence-corrected chi connectivity index (χ0v) is 16.8. The first-order valence-corrected chi connectivity index (χ1v) is 9.10. The van der Waals surface area contributed by atoms with Crippen LogP contribution in [0, 0.1) is 13.8 Å². The van der Waals surface area contributed by atoms with Crippen molar-refractivity contribution in [1.29, 1.82) is 0 Å². The molecule has 0 bridgehead atoms. The zero-order valence-electron chi connectivity index (χ0n) is 11.3. The molecule has 2 nitrogen and oxygen atoms in total. The molecule has 1 aromatic carbocycles. The molecular formula is C14H14Br3NOS. The Kier molecular flexibility index (Phi) is 5.34. The summed E-state index contributed by atoms with van der Waals surface area (Å²) in [5.41, 5.74) is 10.8. The van der Waals surface area contributed by atoms with Crippen molar-refractivity contribution in [2.24, 2.45) is 5.73 Å². The molecule has 1 unspecified atom stereocenters. The lowest BCUT2D eigenvalue weighted by atomic mass is 9.94. The minimum atomic E-state index is -0.238. The maximum absolute atomic E-state index is 6.50. The van der Waals surface area contributed by atoms with Gasteiger partial charge in [0.1, 0.15) is 5.75 Å². The van der Waals surface area contributed by atoms with E-state index in [9.17, 15) is 0 Å². The highest BCUT2D eigenvalue weighted by Crippen LogP contribution is 2.42. The topological polar surface area (TPSA) is 35.2 Å². The summed E-state index contributed by atoms with van der Waals surface area (Å²) in [6.07, 6.45) is 0. The Morgan fingerprint density at radius 1 is 1.20 bits per heavy atom. The van der Waals surface area contributed by atoms with Crippen molar-refractivity contribution in [3.63, 3.8) is 0 Å². The highest BCUT2D eigenvalue weighted by Gasteiger charge is 2.23. The molecule has 0 saturated heterocycles. The quantitative estimate of drug-likeness (QED) is 0.607. The van der Waals surface area contributed by atoms with Crippen LogP contribution in [0.3, 0.4) is 0 Å². The molecule has 0 radical (unpaired) electrons. The van der Waals surface area contributed by atoms with Crippen LogP contribution in [0.15, 0.2) is 24.2 Å². The van der Waals surface area contributed by atoms with Gasteiger partial charge in [-0.1, -0.05) is 15.9 Å². The van der Waals surface area contributed by atoms with Gasteiger partial charge in [0.05, 0.1) is 20.7 Å². The van der Waals surface area contributed by atoms with Crippen LogP contribution in [0.25, 0.3) is 0 Å². The average molecular weight is 484 g/mol. The van der Waals surface area contributed by atoms with Crippen LogP contribution in [-0.4, -0.2) is 7.11 Å². The molecule has 20 heavy (non-hydrogen) atoms. The van der Waals surface area contributed by atoms with Crippen LogP contribution in [0.5, 0.6) is 5.75 Å². The lowest BCUT2D eigenvalue weighted by molar-refractivity contribution is 0.404. The fourth-order valence-corrected chi connectivity index (χ4v) is 5.73. The Labute approximate surface area is 148 Å². The van der Waals surface area contributed by atoms with E-state index in [0.717, 1.165) is 40.0 Å². The van der Waals surface area contributed by atoms with Crippen molar-refractivity contribution in [1.82, 2.24) is 0 Å². The van der Waals surface area contributed by atoms with Crippen molar-refractivity contribution in [3.05, 3.63) is 46.4 Å². The van der Waals surface area contributed by atoms with Crippen molar-refractivity contribution >= 4 is 59.1 Å². The van der Waals surface area contributed by atoms with Gasteiger partial charge in [-0.3, -0.25) is 0 Å². The lowest BCUT2D eigenvalue weighted by Crippen LogP contribution is -2.15. The van der Waals surface area contributed by atoms with E-state index in [2.05, 4.69) is 66.8 Å². The maximum Gasteiger partial charge on any atom is 0.127 e. The van der Waals surface area contributed by atoms with Gasteiger partial charge in [-0.15, -0.1) is 11.3 Å². The lowest BCUT2D eigenvalue weighted by Gasteiger charge is -2.21. The standard InChI is InChI=1S/C14H14Br3NOS/c1-6-4-9(15)7(2)11(13(6)19-3)12(18)8-5-10(16)20-14(8)17/h4-5,12H,18H2,1-3H3. The fraction of sp³-hybridized carbons (Fsp3) is 0.286. The molecule has 0 spiro atoms. The summed E-state index contributed by atoms with van der Waals surface area (Å²) < 4.78 is 8.72. The largest absolute Gasteiger partial charge is 0.496 e. The van der Waals surface area contributed by atoms with Gasteiger partial charge in [0.2, 0.25) is 0 Å². The number of ether oxygens (including phenoxy) is 1. The third-order valence-corrected chi connectivity index (χ3v) is 6.45. The van der Waals surface area contributed by atoms with Crippen molar-refractivity contribution in [2.45, 2.75) is 19.9 Å². The van der Waals surface area contributed by atoms with Crippen LogP contribution in [-0.2, 0) is 0 Å². The van der Waals surface area contributed by atoms with Gasteiger partial charge in [0, 0.05) is 10.0 Å². The second-order valence-corrected chi connectivity index (χ2v) is 9.11. The molecular weight excluding hydrogens is 470 g/mol. The zero-order chi connectivity index (χ0) is 15.0. The first kappa shape index (κ1) is 16.5. The van der Waals surface area contributed by atoms with E-state index in [4.69, 9.17) is 10.5 Å². The Balaban J connectivity index is 2.65. The van der Waals surface area contributed by atoms with Gasteiger partial charge in [-0.05, 0) is 74.5 Å². The first-order valence-electron chi connectivity index (χ1n) is 5.90. The van der Waals surface area contributed by atoms with E-state index >= 15 is 0 Å². The normalized spacial score (nSPS) is 12.6. The molecule has 0 fully saturated rings. The van der Waals surface area contributed by atoms with E-state index in [1.807, 2.05) is 6.92 Å². The highest BCUT2D eigenvalue weighted by molar-refractivity contribution is 9.12. The number of thiophene rings is 1. The number of hydrogen-bond donors (Lipinski definition) is 1. The van der Waals surface area contributed by atoms with Crippen LogP contribution in [0.1, 0.15) is 28.3 Å². The molecule has 0 saturated carbocycles. The number of aryl methyl sites for hydroxylation is 1. The summed E-state index contributed by atoms with van der Waals surface area (Å²) in [4.78, 5) is 0. The van der Waals surface area contributed by atoms with E-state index in [1.54, 1.807) is 18.4 Å². The molecule has 0 aliphatic carbocycles. The fourth-order valence-electron chi connectivity index (χ4n) is 2.24. The second-order valence-electron chi connectivity index (χ2n) is 4.50. The van der Waals surface area contributed by atoms with E-state index < -0.39 is 0 Å². The number of rotatable bonds is 3. The molecule has 1 aromatic heterocycles. The summed E-state index contributed by atoms with van der Waals surface area (Å²) in [6, 6.07) is 3.87. The summed E-state index contributed by atoms with van der Waals surface area (Å²) >= 11 is 12.3. The van der Waals surface area contributed by atoms with Gasteiger partial charge in [-0.2, -0.15) is 0 Å². The van der Waals surface area contributed by atoms with Crippen LogP contribution in [0.2, 0.25) is 0 Å². The monoisotopic (exact) mass is 481 g/mol. The smallest absolute Gasteiger partial charge is 0.127 e. The van der Waals surface area contributed by atoms with Gasteiger partial charge < -0.3 is 10.5 Å². The summed E-state index contributed by atoms with van der Waals surface area (Å²) in [6.45, 7) is 4.08. The Hall–Kier alpha value is 0.120. The molecule has 0 aliphatic rings. The molecule has 2 aromatic rings. The second kappa shape index (κ2) is 6.48. The molecule has 0 amide bonds. The van der Waals surface area contributed by atoms with Crippen LogP contribution in [0.4, 0.5) is 0 Å². The van der Waals surface area contributed by atoms with Crippen molar-refractivity contribution in [3.8, 4) is 5.75 Å². The van der Waals surface area contributed by atoms with E-state index in [1.165, 1.54) is 0 Å². The van der Waals surface area contributed by atoms with Crippen molar-refractivity contribution in [2.75, 3.05) is 7.11 Å². The highest BCUT2D eigenvalue weighted by atomic mass is 79.9. The number of hydrogen-bond acceptors (Lipinski definition) is 3. The summed E-state index contributed by atoms with van der Waals surface area (Å²) in [5.74, 6) is 0.854. The average Bonchev–Trinajstić information content (AvgIpc) is 2.71. The predicted octanol–water partition coefficient (Wildman–Crippen LogP) is 5.71. The van der Waals surface area contributed by atoms with Gasteiger partial charge in [0.15, 0.2) is 0 Å². The first-order chi connectivity index (χ1) is 9.36. The molecule has 2 rings (SSSR count). The Morgan fingerprint density at radius 2 is 1.85 bits per heavy atom. The molecule has 108 valence electrons. The number of nitrogens with two attached hydrogens (primary N) is 1. The molecule has 1 heterocycles. The minimum Gasteiger partial charge on any atom is -0.496 e. The van der Waals surface area contributed by atoms with Crippen LogP contribution >= 0.6 is 59.1 Å². The minimum absolute atomic E-state index is 0.238. The molecule has 2 N–H and O–H groups in total. The van der Waals surface area contributed by atoms with Crippen LogP contribution < -0.4 is 10.5 Å². The molecule has 1 atom stereocenters. The van der Waals surface area contributed by atoms with Crippen molar-refractivity contribution < 1.29 is 4.74 Å². The van der Waals surface area contributed by atoms with Gasteiger partial charge in [0.25, 0.3) is 0 Å². The van der Waals surface area contributed by atoms with E-state index in [-0.39, 0.29) is 6.04 Å². The molecule has 6 heteroatoms. The van der Waals surface area contributed by atoms with Gasteiger partial charge >= 0.3 is 0 Å². The summed E-state index contributed by atoms with van der Waals surface area (Å²) in [7, 11) is 1.68. The number of halogens is 3. The number of methoxy groups -OCH3 is 1. The third kappa shape index (κ3) is 2.99. The SMILES string of the molecule is COc1c(C)cc(Br)c(C)c1C(N)c1cc(Br)sc1Br. The summed E-state index contributed by atoms with van der Waals surface area (Å²) in [5, 5.41) is 0. The van der Waals surface area contributed by atoms with Gasteiger partial charge in [-0.25, -0.2) is 0 Å². The predicted molar refractivity (Wildman–Crippen MR) is 95.9 cm³/mol.